The molecule has 2 heterocycles. The highest BCUT2D eigenvalue weighted by molar-refractivity contribution is 5.79. The Morgan fingerprint density at radius 3 is 2.78 bits per heavy atom. The summed E-state index contributed by atoms with van der Waals surface area (Å²) in [4.78, 5) is 27.4. The molecule has 124 valence electrons. The van der Waals surface area contributed by atoms with Crippen LogP contribution in [0.3, 0.4) is 0 Å². The van der Waals surface area contributed by atoms with E-state index < -0.39 is 11.9 Å². The lowest BCUT2D eigenvalue weighted by atomic mass is 9.96. The van der Waals surface area contributed by atoms with Crippen LogP contribution in [0.15, 0.2) is 24.3 Å². The lowest BCUT2D eigenvalue weighted by Gasteiger charge is -2.37. The summed E-state index contributed by atoms with van der Waals surface area (Å²) >= 11 is 0. The number of amides is 1. The molecule has 5 heteroatoms. The molecule has 1 fully saturated rings. The van der Waals surface area contributed by atoms with Crippen LogP contribution < -0.4 is 4.90 Å². The van der Waals surface area contributed by atoms with Gasteiger partial charge < -0.3 is 14.9 Å². The van der Waals surface area contributed by atoms with Crippen LogP contribution >= 0.6 is 0 Å². The van der Waals surface area contributed by atoms with Crippen LogP contribution in [0.4, 0.5) is 5.69 Å². The molecule has 0 aliphatic carbocycles. The summed E-state index contributed by atoms with van der Waals surface area (Å²) in [5.74, 6) is -1.11. The summed E-state index contributed by atoms with van der Waals surface area (Å²) in [6, 6.07) is 8.83. The number of anilines is 1. The lowest BCUT2D eigenvalue weighted by molar-refractivity contribution is -0.141. The lowest BCUT2D eigenvalue weighted by Crippen LogP contribution is -2.40. The Morgan fingerprint density at radius 2 is 2.04 bits per heavy atom. The Bertz CT molecular complexity index is 602. The highest BCUT2D eigenvalue weighted by Crippen LogP contribution is 2.30. The van der Waals surface area contributed by atoms with E-state index in [0.29, 0.717) is 38.5 Å². The Hall–Kier alpha value is -2.04. The number of rotatable bonds is 4. The third kappa shape index (κ3) is 3.33. The Morgan fingerprint density at radius 1 is 1.26 bits per heavy atom. The first-order valence-corrected chi connectivity index (χ1v) is 8.41. The smallest absolute Gasteiger partial charge is 0.308 e. The van der Waals surface area contributed by atoms with Crippen LogP contribution in [0, 0.1) is 5.92 Å². The maximum atomic E-state index is 12.4. The monoisotopic (exact) mass is 316 g/mol. The zero-order chi connectivity index (χ0) is 16.4. The molecule has 1 N–H and O–H groups in total. The van der Waals surface area contributed by atoms with Crippen molar-refractivity contribution in [2.75, 3.05) is 24.5 Å². The number of nitrogens with zero attached hydrogens (tertiary/aromatic N) is 2. The van der Waals surface area contributed by atoms with Crippen molar-refractivity contribution in [1.82, 2.24) is 4.90 Å². The topological polar surface area (TPSA) is 60.9 Å². The number of carbonyl (C=O) groups excluding carboxylic acids is 1. The minimum atomic E-state index is -0.793. The minimum absolute atomic E-state index is 0.0732. The first-order chi connectivity index (χ1) is 11.1. The Balaban J connectivity index is 1.60. The van der Waals surface area contributed by atoms with E-state index in [1.54, 1.807) is 4.90 Å². The molecule has 2 aliphatic heterocycles. The van der Waals surface area contributed by atoms with Crippen LogP contribution in [0.5, 0.6) is 0 Å². The van der Waals surface area contributed by atoms with Gasteiger partial charge in [0.2, 0.25) is 5.91 Å². The molecule has 1 aromatic carbocycles. The Kier molecular flexibility index (Phi) is 4.55. The predicted molar refractivity (Wildman–Crippen MR) is 88.5 cm³/mol. The van der Waals surface area contributed by atoms with Crippen molar-refractivity contribution in [2.45, 2.75) is 38.6 Å². The van der Waals surface area contributed by atoms with Gasteiger partial charge in [-0.15, -0.1) is 0 Å². The Labute approximate surface area is 136 Å². The fourth-order valence-corrected chi connectivity index (χ4v) is 3.66. The molecule has 0 aromatic heterocycles. The number of likely N-dealkylation sites (tertiary alicyclic amines) is 1. The molecule has 23 heavy (non-hydrogen) atoms. The maximum Gasteiger partial charge on any atom is 0.308 e. The van der Waals surface area contributed by atoms with Gasteiger partial charge in [-0.2, -0.15) is 0 Å². The van der Waals surface area contributed by atoms with E-state index in [4.69, 9.17) is 5.11 Å². The van der Waals surface area contributed by atoms with E-state index in [1.807, 2.05) is 6.07 Å². The quantitative estimate of drug-likeness (QED) is 0.924. The first kappa shape index (κ1) is 15.8. The second kappa shape index (κ2) is 6.60. The van der Waals surface area contributed by atoms with Gasteiger partial charge in [0.25, 0.3) is 0 Å². The van der Waals surface area contributed by atoms with Gasteiger partial charge in [0.1, 0.15) is 0 Å². The molecule has 0 saturated carbocycles. The summed E-state index contributed by atoms with van der Waals surface area (Å²) in [7, 11) is 0. The highest BCUT2D eigenvalue weighted by Gasteiger charge is 2.31. The summed E-state index contributed by atoms with van der Waals surface area (Å²) in [6.07, 6.45) is 3.22. The number of hydrogen-bond donors (Lipinski definition) is 1. The number of aryl methyl sites for hydroxylation is 1. The number of para-hydroxylation sites is 1. The van der Waals surface area contributed by atoms with E-state index >= 15 is 0 Å². The van der Waals surface area contributed by atoms with Crippen molar-refractivity contribution in [2.24, 2.45) is 5.92 Å². The summed E-state index contributed by atoms with van der Waals surface area (Å²) < 4.78 is 0. The largest absolute Gasteiger partial charge is 0.481 e. The van der Waals surface area contributed by atoms with Crippen LogP contribution in [-0.4, -0.2) is 47.6 Å². The first-order valence-electron chi connectivity index (χ1n) is 8.41. The van der Waals surface area contributed by atoms with Gasteiger partial charge in [0, 0.05) is 37.8 Å². The van der Waals surface area contributed by atoms with Crippen LogP contribution in [0.2, 0.25) is 0 Å². The van der Waals surface area contributed by atoms with E-state index in [-0.39, 0.29) is 5.91 Å². The molecule has 2 aliphatic rings. The molecule has 2 atom stereocenters. The number of carbonyl (C=O) groups is 2. The molecule has 1 saturated heterocycles. The van der Waals surface area contributed by atoms with E-state index in [2.05, 4.69) is 30.0 Å². The predicted octanol–water partition coefficient (Wildman–Crippen LogP) is 2.15. The van der Waals surface area contributed by atoms with Crippen molar-refractivity contribution in [3.8, 4) is 0 Å². The van der Waals surface area contributed by atoms with E-state index in [9.17, 15) is 9.59 Å². The molecule has 5 nitrogen and oxygen atoms in total. The molecule has 0 unspecified atom stereocenters. The molecule has 1 amide bonds. The van der Waals surface area contributed by atoms with Gasteiger partial charge in [-0.05, 0) is 37.8 Å². The third-order valence-corrected chi connectivity index (χ3v) is 5.12. The summed E-state index contributed by atoms with van der Waals surface area (Å²) in [6.45, 7) is 3.84. The van der Waals surface area contributed by atoms with Gasteiger partial charge in [-0.3, -0.25) is 9.59 Å². The van der Waals surface area contributed by atoms with Gasteiger partial charge >= 0.3 is 5.97 Å². The molecule has 0 spiro atoms. The van der Waals surface area contributed by atoms with Gasteiger partial charge in [0.15, 0.2) is 0 Å². The van der Waals surface area contributed by atoms with Crippen LogP contribution in [0.1, 0.15) is 31.7 Å². The van der Waals surface area contributed by atoms with Gasteiger partial charge in [0.05, 0.1) is 5.92 Å². The van der Waals surface area contributed by atoms with Gasteiger partial charge in [-0.25, -0.2) is 0 Å². The average Bonchev–Trinajstić information content (AvgIpc) is 3.04. The molecule has 0 radical (unpaired) electrons. The normalized spacial score (nSPS) is 23.7. The van der Waals surface area contributed by atoms with E-state index in [0.717, 1.165) is 12.8 Å². The fraction of sp³-hybridized carbons (Fsp3) is 0.556. The highest BCUT2D eigenvalue weighted by atomic mass is 16.4. The van der Waals surface area contributed by atoms with Crippen molar-refractivity contribution in [1.29, 1.82) is 0 Å². The third-order valence-electron chi connectivity index (χ3n) is 5.12. The molecular formula is C18H24N2O3. The summed E-state index contributed by atoms with van der Waals surface area (Å²) in [5, 5.41) is 9.04. The molecule has 3 rings (SSSR count). The SMILES string of the molecule is C[C@@H]1CCc2ccccc2N1CCC(=O)N1CC[C@H](C(=O)O)C1. The molecule has 1 aromatic rings. The zero-order valence-corrected chi connectivity index (χ0v) is 13.6. The van der Waals surface area contributed by atoms with E-state index in [1.165, 1.54) is 11.3 Å². The van der Waals surface area contributed by atoms with Crippen molar-refractivity contribution in [3.63, 3.8) is 0 Å². The number of benzene rings is 1. The number of carboxylic acids is 1. The number of aliphatic carboxylic acids is 1. The summed E-state index contributed by atoms with van der Waals surface area (Å²) in [5.41, 5.74) is 2.59. The average molecular weight is 316 g/mol. The molecule has 0 bridgehead atoms. The number of fused-ring (bicyclic) bond motifs is 1. The van der Waals surface area contributed by atoms with Crippen LogP contribution in [-0.2, 0) is 16.0 Å². The number of carboxylic acid groups (broad SMARTS) is 1. The number of hydrogen-bond acceptors (Lipinski definition) is 3. The van der Waals surface area contributed by atoms with Crippen LogP contribution in [0.25, 0.3) is 0 Å². The van der Waals surface area contributed by atoms with Crippen molar-refractivity contribution < 1.29 is 14.7 Å². The minimum Gasteiger partial charge on any atom is -0.481 e. The zero-order valence-electron chi connectivity index (χ0n) is 13.6. The van der Waals surface area contributed by atoms with Gasteiger partial charge in [-0.1, -0.05) is 18.2 Å². The second-order valence-corrected chi connectivity index (χ2v) is 6.62. The second-order valence-electron chi connectivity index (χ2n) is 6.62. The molecular weight excluding hydrogens is 292 g/mol. The van der Waals surface area contributed by atoms with Crippen molar-refractivity contribution in [3.05, 3.63) is 29.8 Å². The standard InChI is InChI=1S/C18H24N2O3/c1-13-6-7-14-4-2-3-5-16(14)20(13)11-9-17(21)19-10-8-15(12-19)18(22)23/h2-5,13,15H,6-12H2,1H3,(H,22,23)/t13-,15+/m1/s1. The fourth-order valence-electron chi connectivity index (χ4n) is 3.66. The van der Waals surface area contributed by atoms with Crippen molar-refractivity contribution >= 4 is 17.6 Å². The maximum absolute atomic E-state index is 12.4.